The first-order valence-electron chi connectivity index (χ1n) is 10.4. The smallest absolute Gasteiger partial charge is 0.174 e. The fraction of sp³-hybridized carbons (Fsp3) is 0.154. The van der Waals surface area contributed by atoms with Crippen LogP contribution in [0, 0.1) is 13.8 Å². The number of aryl methyl sites for hydroxylation is 2. The molecule has 2 atom stereocenters. The molecule has 3 heterocycles. The van der Waals surface area contributed by atoms with Crippen molar-refractivity contribution in [3.8, 4) is 5.69 Å². The van der Waals surface area contributed by atoms with E-state index >= 15 is 0 Å². The van der Waals surface area contributed by atoms with Gasteiger partial charge in [-0.1, -0.05) is 35.9 Å². The zero-order valence-electron chi connectivity index (χ0n) is 17.6. The van der Waals surface area contributed by atoms with Crippen molar-refractivity contribution in [3.05, 3.63) is 114 Å². The maximum atomic E-state index is 5.84. The number of benzene rings is 2. The highest BCUT2D eigenvalue weighted by Gasteiger charge is 2.42. The molecule has 1 saturated heterocycles. The van der Waals surface area contributed by atoms with Crippen molar-refractivity contribution in [3.63, 3.8) is 0 Å². The third-order valence-electron chi connectivity index (χ3n) is 5.77. The lowest BCUT2D eigenvalue weighted by Crippen LogP contribution is -2.30. The molecule has 5 heteroatoms. The average molecular weight is 425 g/mol. The van der Waals surface area contributed by atoms with E-state index in [1.165, 1.54) is 11.1 Å². The Morgan fingerprint density at radius 1 is 0.839 bits per heavy atom. The fourth-order valence-corrected chi connectivity index (χ4v) is 4.63. The molecule has 154 valence electrons. The van der Waals surface area contributed by atoms with Crippen molar-refractivity contribution in [2.75, 3.05) is 4.90 Å². The summed E-state index contributed by atoms with van der Waals surface area (Å²) in [6.07, 6.45) is 3.96. The highest BCUT2D eigenvalue weighted by atomic mass is 32.1. The van der Waals surface area contributed by atoms with Crippen molar-refractivity contribution in [1.29, 1.82) is 0 Å². The quantitative estimate of drug-likeness (QED) is 0.428. The number of rotatable bonds is 4. The lowest BCUT2D eigenvalue weighted by Gasteiger charge is -2.29. The molecular formula is C26H24N4S. The summed E-state index contributed by atoms with van der Waals surface area (Å²) >= 11 is 5.84. The summed E-state index contributed by atoms with van der Waals surface area (Å²) in [5.41, 5.74) is 6.80. The van der Waals surface area contributed by atoms with Crippen LogP contribution in [0.4, 0.5) is 5.69 Å². The van der Waals surface area contributed by atoms with E-state index in [1.54, 1.807) is 0 Å². The molecule has 0 spiro atoms. The lowest BCUT2D eigenvalue weighted by atomic mass is 10.0. The number of nitrogens with one attached hydrogen (secondary N) is 1. The van der Waals surface area contributed by atoms with Crippen molar-refractivity contribution >= 4 is 23.0 Å². The van der Waals surface area contributed by atoms with Crippen LogP contribution < -0.4 is 10.2 Å². The molecule has 4 aromatic rings. The van der Waals surface area contributed by atoms with Crippen LogP contribution in [0.2, 0.25) is 0 Å². The van der Waals surface area contributed by atoms with Gasteiger partial charge in [-0.3, -0.25) is 4.98 Å². The number of hydrogen-bond acceptors (Lipinski definition) is 2. The van der Waals surface area contributed by atoms with Gasteiger partial charge in [0, 0.05) is 29.5 Å². The summed E-state index contributed by atoms with van der Waals surface area (Å²) < 4.78 is 2.25. The Hall–Kier alpha value is -3.44. The minimum Gasteiger partial charge on any atom is -0.351 e. The molecule has 0 bridgehead atoms. The van der Waals surface area contributed by atoms with Gasteiger partial charge < -0.3 is 14.8 Å². The van der Waals surface area contributed by atoms with Crippen LogP contribution in [0.3, 0.4) is 0 Å². The average Bonchev–Trinajstić information content (AvgIpc) is 3.39. The van der Waals surface area contributed by atoms with Crippen LogP contribution in [0.25, 0.3) is 5.69 Å². The van der Waals surface area contributed by atoms with Crippen LogP contribution in [0.1, 0.15) is 34.6 Å². The van der Waals surface area contributed by atoms with Gasteiger partial charge in [0.2, 0.25) is 0 Å². The van der Waals surface area contributed by atoms with Crippen molar-refractivity contribution in [2.45, 2.75) is 25.9 Å². The molecule has 1 N–H and O–H groups in total. The number of anilines is 1. The Balaban J connectivity index is 1.67. The molecule has 1 aliphatic heterocycles. The van der Waals surface area contributed by atoms with E-state index in [0.29, 0.717) is 5.11 Å². The Morgan fingerprint density at radius 3 is 2.42 bits per heavy atom. The van der Waals surface area contributed by atoms with Crippen LogP contribution >= 0.6 is 12.2 Å². The summed E-state index contributed by atoms with van der Waals surface area (Å²) in [7, 11) is 0. The first kappa shape index (κ1) is 19.5. The number of pyridine rings is 1. The molecule has 5 rings (SSSR count). The Bertz CT molecular complexity index is 1210. The van der Waals surface area contributed by atoms with E-state index < -0.39 is 0 Å². The van der Waals surface area contributed by atoms with Crippen LogP contribution in [-0.2, 0) is 0 Å². The third kappa shape index (κ3) is 3.62. The van der Waals surface area contributed by atoms with E-state index in [9.17, 15) is 0 Å². The van der Waals surface area contributed by atoms with Crippen LogP contribution in [0.5, 0.6) is 0 Å². The van der Waals surface area contributed by atoms with Gasteiger partial charge >= 0.3 is 0 Å². The van der Waals surface area contributed by atoms with Gasteiger partial charge in [-0.15, -0.1) is 0 Å². The second kappa shape index (κ2) is 8.00. The van der Waals surface area contributed by atoms with Crippen LogP contribution in [0.15, 0.2) is 91.3 Å². The molecule has 0 aliphatic carbocycles. The zero-order chi connectivity index (χ0) is 21.4. The predicted molar refractivity (Wildman–Crippen MR) is 130 cm³/mol. The van der Waals surface area contributed by atoms with Gasteiger partial charge in [0.1, 0.15) is 6.04 Å². The summed E-state index contributed by atoms with van der Waals surface area (Å²) in [4.78, 5) is 6.87. The standard InChI is InChI=1S/C26H24N4S/c1-18-11-13-20(14-12-18)30-25(24(28-26(30)31)22-9-3-4-15-27-22)23-10-6-16-29(23)21-8-5-7-19(2)17-21/h3-17,24-25H,1-2H3,(H,28,31)/t24-,25+/m1/s1. The van der Waals surface area contributed by atoms with E-state index in [4.69, 9.17) is 12.2 Å². The van der Waals surface area contributed by atoms with Gasteiger partial charge in [0.15, 0.2) is 5.11 Å². The Morgan fingerprint density at radius 2 is 1.68 bits per heavy atom. The highest BCUT2D eigenvalue weighted by Crippen LogP contribution is 2.42. The summed E-state index contributed by atoms with van der Waals surface area (Å²) in [5.74, 6) is 0. The largest absolute Gasteiger partial charge is 0.351 e. The van der Waals surface area contributed by atoms with Crippen molar-refractivity contribution in [2.24, 2.45) is 0 Å². The first-order chi connectivity index (χ1) is 15.1. The molecular weight excluding hydrogens is 400 g/mol. The molecule has 31 heavy (non-hydrogen) atoms. The van der Waals surface area contributed by atoms with E-state index in [-0.39, 0.29) is 12.1 Å². The highest BCUT2D eigenvalue weighted by molar-refractivity contribution is 7.80. The van der Waals surface area contributed by atoms with Crippen molar-refractivity contribution in [1.82, 2.24) is 14.9 Å². The van der Waals surface area contributed by atoms with E-state index in [2.05, 4.69) is 107 Å². The van der Waals surface area contributed by atoms with Gasteiger partial charge in [-0.25, -0.2) is 0 Å². The minimum atomic E-state index is -0.0616. The van der Waals surface area contributed by atoms with Crippen LogP contribution in [-0.4, -0.2) is 14.7 Å². The van der Waals surface area contributed by atoms with E-state index in [1.807, 2.05) is 18.3 Å². The molecule has 4 nitrogen and oxygen atoms in total. The normalized spacial score (nSPS) is 18.3. The fourth-order valence-electron chi connectivity index (χ4n) is 4.29. The van der Waals surface area contributed by atoms with Gasteiger partial charge in [0.25, 0.3) is 0 Å². The Labute approximate surface area is 188 Å². The molecule has 1 fully saturated rings. The second-order valence-electron chi connectivity index (χ2n) is 7.97. The van der Waals surface area contributed by atoms with E-state index in [0.717, 1.165) is 22.8 Å². The summed E-state index contributed by atoms with van der Waals surface area (Å²) in [6, 6.07) is 27.3. The number of thiocarbonyl (C=S) groups is 1. The summed E-state index contributed by atoms with van der Waals surface area (Å²) in [6.45, 7) is 4.22. The molecule has 0 radical (unpaired) electrons. The molecule has 0 unspecified atom stereocenters. The minimum absolute atomic E-state index is 0.0411. The second-order valence-corrected chi connectivity index (χ2v) is 8.36. The third-order valence-corrected chi connectivity index (χ3v) is 6.09. The Kier molecular flexibility index (Phi) is 5.04. The van der Waals surface area contributed by atoms with Gasteiger partial charge in [-0.05, 0) is 80.2 Å². The molecule has 2 aromatic carbocycles. The number of hydrogen-bond donors (Lipinski definition) is 1. The number of nitrogens with zero attached hydrogens (tertiary/aromatic N) is 3. The topological polar surface area (TPSA) is 33.1 Å². The van der Waals surface area contributed by atoms with Crippen molar-refractivity contribution < 1.29 is 0 Å². The molecule has 0 amide bonds. The SMILES string of the molecule is Cc1ccc(N2C(=S)N[C@H](c3ccccn3)[C@@H]2c2cccn2-c2cccc(C)c2)cc1. The first-order valence-corrected chi connectivity index (χ1v) is 10.8. The maximum Gasteiger partial charge on any atom is 0.174 e. The van der Waals surface area contributed by atoms with Gasteiger partial charge in [0.05, 0.1) is 11.7 Å². The predicted octanol–water partition coefficient (Wildman–Crippen LogP) is 5.67. The monoisotopic (exact) mass is 424 g/mol. The molecule has 1 aliphatic rings. The molecule has 0 saturated carbocycles. The zero-order valence-corrected chi connectivity index (χ0v) is 18.4. The number of aromatic nitrogens is 2. The maximum absolute atomic E-state index is 5.84. The lowest BCUT2D eigenvalue weighted by molar-refractivity contribution is 0.549. The molecule has 2 aromatic heterocycles. The summed E-state index contributed by atoms with van der Waals surface area (Å²) in [5, 5.41) is 4.25. The van der Waals surface area contributed by atoms with Gasteiger partial charge in [-0.2, -0.15) is 0 Å².